The Labute approximate surface area is 154 Å². The van der Waals surface area contributed by atoms with Gasteiger partial charge in [0.2, 0.25) is 5.91 Å². The quantitative estimate of drug-likeness (QED) is 0.882. The number of aromatic nitrogens is 1. The van der Waals surface area contributed by atoms with Gasteiger partial charge in [-0.25, -0.2) is 0 Å². The van der Waals surface area contributed by atoms with E-state index in [1.54, 1.807) is 0 Å². The molecule has 1 aromatic heterocycles. The fraction of sp³-hybridized carbons (Fsp3) is 0.571. The third-order valence-corrected chi connectivity index (χ3v) is 5.85. The molecule has 0 bridgehead atoms. The van der Waals surface area contributed by atoms with Crippen LogP contribution in [0.5, 0.6) is 0 Å². The summed E-state index contributed by atoms with van der Waals surface area (Å²) in [6, 6.07) is 6.46. The maximum absolute atomic E-state index is 12.3. The highest BCUT2D eigenvalue weighted by molar-refractivity contribution is 5.85. The minimum absolute atomic E-state index is 0.0987. The summed E-state index contributed by atoms with van der Waals surface area (Å²) in [6.07, 6.45) is 3.83. The Kier molecular flexibility index (Phi) is 5.27. The molecule has 0 unspecified atom stereocenters. The lowest BCUT2D eigenvalue weighted by molar-refractivity contribution is -0.128. The molecule has 1 amide bonds. The molecule has 0 spiro atoms. The molecule has 0 saturated carbocycles. The Balaban J connectivity index is 1.46. The lowest BCUT2D eigenvalue weighted by atomic mass is 9.93. The number of H-pyrrole nitrogens is 1. The highest BCUT2D eigenvalue weighted by Crippen LogP contribution is 2.33. The molecule has 0 radical (unpaired) electrons. The van der Waals surface area contributed by atoms with Crippen molar-refractivity contribution in [2.45, 2.75) is 45.1 Å². The van der Waals surface area contributed by atoms with Crippen LogP contribution in [0.15, 0.2) is 18.2 Å². The molecule has 4 rings (SSSR count). The molecule has 5 nitrogen and oxygen atoms in total. The first-order chi connectivity index (χ1) is 12.7. The molecule has 3 heterocycles. The molecular weight excluding hydrogens is 328 g/mol. The number of hydrogen-bond donors (Lipinski definition) is 2. The molecule has 140 valence electrons. The molecule has 2 fully saturated rings. The summed E-state index contributed by atoms with van der Waals surface area (Å²) < 4.78 is 10.8. The molecule has 2 aliphatic heterocycles. The predicted octanol–water partition coefficient (Wildman–Crippen LogP) is 3.41. The van der Waals surface area contributed by atoms with E-state index in [0.29, 0.717) is 25.7 Å². The average Bonchev–Trinajstić information content (AvgIpc) is 3.03. The number of hydrogen-bond acceptors (Lipinski definition) is 3. The molecule has 2 aromatic rings. The first-order valence-electron chi connectivity index (χ1n) is 9.76. The third kappa shape index (κ3) is 3.64. The van der Waals surface area contributed by atoms with Crippen molar-refractivity contribution in [2.75, 3.05) is 26.4 Å². The van der Waals surface area contributed by atoms with Crippen LogP contribution in [0, 0.1) is 12.8 Å². The summed E-state index contributed by atoms with van der Waals surface area (Å²) in [5, 5.41) is 4.37. The first kappa shape index (κ1) is 17.6. The van der Waals surface area contributed by atoms with Crippen LogP contribution in [0.2, 0.25) is 0 Å². The number of nitrogens with one attached hydrogen (secondary N) is 2. The van der Waals surface area contributed by atoms with Crippen LogP contribution in [-0.2, 0) is 20.8 Å². The van der Waals surface area contributed by atoms with Crippen LogP contribution < -0.4 is 5.32 Å². The Bertz CT molecular complexity index is 771. The van der Waals surface area contributed by atoms with Crippen LogP contribution in [0.4, 0.5) is 0 Å². The van der Waals surface area contributed by atoms with E-state index in [1.807, 2.05) is 0 Å². The second-order valence-corrected chi connectivity index (χ2v) is 7.53. The van der Waals surface area contributed by atoms with Crippen molar-refractivity contribution < 1.29 is 14.3 Å². The van der Waals surface area contributed by atoms with Crippen molar-refractivity contribution in [1.29, 1.82) is 0 Å². The van der Waals surface area contributed by atoms with Crippen LogP contribution in [-0.4, -0.2) is 37.3 Å². The molecular formula is C21H28N2O3. The normalized spacial score (nSPS) is 19.7. The second kappa shape index (κ2) is 7.80. The third-order valence-electron chi connectivity index (χ3n) is 5.85. The van der Waals surface area contributed by atoms with Gasteiger partial charge in [0, 0.05) is 61.4 Å². The predicted molar refractivity (Wildman–Crippen MR) is 101 cm³/mol. The van der Waals surface area contributed by atoms with Gasteiger partial charge in [0.05, 0.1) is 0 Å². The number of carbonyl (C=O) groups is 1. The van der Waals surface area contributed by atoms with Gasteiger partial charge in [0.25, 0.3) is 0 Å². The van der Waals surface area contributed by atoms with Gasteiger partial charge in [-0.3, -0.25) is 4.79 Å². The molecule has 0 aliphatic carbocycles. The van der Waals surface area contributed by atoms with E-state index in [-0.39, 0.29) is 11.8 Å². The van der Waals surface area contributed by atoms with Crippen molar-refractivity contribution in [1.82, 2.24) is 10.3 Å². The minimum Gasteiger partial charge on any atom is -0.381 e. The molecule has 2 saturated heterocycles. The number of aryl methyl sites for hydroxylation is 1. The fourth-order valence-corrected chi connectivity index (χ4v) is 4.19. The van der Waals surface area contributed by atoms with Gasteiger partial charge in [0.1, 0.15) is 0 Å². The zero-order valence-electron chi connectivity index (χ0n) is 15.5. The SMILES string of the molecule is Cc1c(C2CCOCC2)[nH]c2ccc(CNC(=O)C3CCOCC3)cc12. The summed E-state index contributed by atoms with van der Waals surface area (Å²) >= 11 is 0. The summed E-state index contributed by atoms with van der Waals surface area (Å²) in [5.41, 5.74) is 5.03. The average molecular weight is 356 g/mol. The van der Waals surface area contributed by atoms with Gasteiger partial charge in [0.15, 0.2) is 0 Å². The van der Waals surface area contributed by atoms with Gasteiger partial charge in [-0.15, -0.1) is 0 Å². The first-order valence-corrected chi connectivity index (χ1v) is 9.76. The molecule has 0 atom stereocenters. The van der Waals surface area contributed by atoms with Crippen molar-refractivity contribution in [2.24, 2.45) is 5.92 Å². The van der Waals surface area contributed by atoms with E-state index >= 15 is 0 Å². The number of amides is 1. The van der Waals surface area contributed by atoms with E-state index in [0.717, 1.165) is 44.5 Å². The summed E-state index contributed by atoms with van der Waals surface area (Å²) in [4.78, 5) is 15.9. The number of fused-ring (bicyclic) bond motifs is 1. The van der Waals surface area contributed by atoms with Crippen LogP contribution in [0.3, 0.4) is 0 Å². The van der Waals surface area contributed by atoms with E-state index in [9.17, 15) is 4.79 Å². The van der Waals surface area contributed by atoms with Crippen molar-refractivity contribution in [3.8, 4) is 0 Å². The van der Waals surface area contributed by atoms with Crippen molar-refractivity contribution in [3.05, 3.63) is 35.0 Å². The zero-order valence-corrected chi connectivity index (χ0v) is 15.5. The highest BCUT2D eigenvalue weighted by atomic mass is 16.5. The lowest BCUT2D eigenvalue weighted by Crippen LogP contribution is -2.33. The molecule has 1 aromatic carbocycles. The fourth-order valence-electron chi connectivity index (χ4n) is 4.19. The molecule has 5 heteroatoms. The van der Waals surface area contributed by atoms with Crippen LogP contribution >= 0.6 is 0 Å². The number of rotatable bonds is 4. The monoisotopic (exact) mass is 356 g/mol. The number of ether oxygens (including phenoxy) is 2. The lowest BCUT2D eigenvalue weighted by Gasteiger charge is -2.21. The van der Waals surface area contributed by atoms with Gasteiger partial charge in [-0.05, 0) is 55.9 Å². The molecule has 2 N–H and O–H groups in total. The van der Waals surface area contributed by atoms with E-state index < -0.39 is 0 Å². The van der Waals surface area contributed by atoms with Gasteiger partial charge >= 0.3 is 0 Å². The van der Waals surface area contributed by atoms with E-state index in [4.69, 9.17) is 9.47 Å². The van der Waals surface area contributed by atoms with Crippen LogP contribution in [0.1, 0.15) is 48.4 Å². The summed E-state index contributed by atoms with van der Waals surface area (Å²) in [6.45, 7) is 5.88. The largest absolute Gasteiger partial charge is 0.381 e. The topological polar surface area (TPSA) is 63.3 Å². The second-order valence-electron chi connectivity index (χ2n) is 7.53. The number of carbonyl (C=O) groups excluding carboxylic acids is 1. The van der Waals surface area contributed by atoms with Crippen molar-refractivity contribution in [3.63, 3.8) is 0 Å². The summed E-state index contributed by atoms with van der Waals surface area (Å²) in [5.74, 6) is 0.816. The smallest absolute Gasteiger partial charge is 0.223 e. The minimum atomic E-state index is 0.0987. The Morgan fingerprint density at radius 1 is 1.12 bits per heavy atom. The van der Waals surface area contributed by atoms with Crippen LogP contribution in [0.25, 0.3) is 10.9 Å². The molecule has 2 aliphatic rings. The Hall–Kier alpha value is -1.85. The standard InChI is InChI=1S/C21H28N2O3/c1-14-18-12-15(13-22-21(24)17-6-10-26-11-7-17)2-3-19(18)23-20(14)16-4-8-25-9-5-16/h2-3,12,16-17,23H,4-11,13H2,1H3,(H,22,24). The Morgan fingerprint density at radius 2 is 1.81 bits per heavy atom. The van der Waals surface area contributed by atoms with E-state index in [2.05, 4.69) is 35.4 Å². The van der Waals surface area contributed by atoms with Gasteiger partial charge in [-0.2, -0.15) is 0 Å². The highest BCUT2D eigenvalue weighted by Gasteiger charge is 2.22. The van der Waals surface area contributed by atoms with Gasteiger partial charge in [-0.1, -0.05) is 6.07 Å². The number of aromatic amines is 1. The maximum atomic E-state index is 12.3. The van der Waals surface area contributed by atoms with Crippen molar-refractivity contribution >= 4 is 16.8 Å². The maximum Gasteiger partial charge on any atom is 0.223 e. The van der Waals surface area contributed by atoms with Gasteiger partial charge < -0.3 is 19.8 Å². The zero-order chi connectivity index (χ0) is 17.9. The number of benzene rings is 1. The summed E-state index contributed by atoms with van der Waals surface area (Å²) in [7, 11) is 0. The Morgan fingerprint density at radius 3 is 2.54 bits per heavy atom. The van der Waals surface area contributed by atoms with E-state index in [1.165, 1.54) is 22.2 Å². The molecule has 26 heavy (non-hydrogen) atoms.